The van der Waals surface area contributed by atoms with E-state index < -0.39 is 0 Å². The number of hydrogen-bond donors (Lipinski definition) is 0. The molecule has 0 bridgehead atoms. The van der Waals surface area contributed by atoms with Gasteiger partial charge in [0.05, 0.1) is 0 Å². The molecular weight excluding hydrogens is 372 g/mol. The first-order valence-corrected chi connectivity index (χ1v) is 11.3. The van der Waals surface area contributed by atoms with Crippen molar-refractivity contribution in [3.05, 3.63) is 52.5 Å². The SMILES string of the molecule is CC[C@@H](C)c1nc(C)c(Cc2cccc(C)c2)c(N2CCN(C(=O)C(C)C)CC2)n1. The lowest BCUT2D eigenvalue weighted by molar-refractivity contribution is -0.134. The van der Waals surface area contributed by atoms with Crippen molar-refractivity contribution in [2.45, 2.75) is 60.3 Å². The van der Waals surface area contributed by atoms with Crippen LogP contribution >= 0.6 is 0 Å². The standard InChI is InChI=1S/C25H36N4O/c1-7-19(5)23-26-20(6)22(16-21-10-8-9-18(4)15-21)24(27-23)28-11-13-29(14-12-28)25(30)17(2)3/h8-10,15,17,19H,7,11-14,16H2,1-6H3/t19-/m1/s1. The van der Waals surface area contributed by atoms with Crippen LogP contribution in [0.3, 0.4) is 0 Å². The van der Waals surface area contributed by atoms with Gasteiger partial charge in [-0.2, -0.15) is 0 Å². The highest BCUT2D eigenvalue weighted by Crippen LogP contribution is 2.28. The van der Waals surface area contributed by atoms with Gasteiger partial charge in [-0.1, -0.05) is 57.5 Å². The Labute approximate surface area is 181 Å². The first-order chi connectivity index (χ1) is 14.3. The molecule has 1 saturated heterocycles. The van der Waals surface area contributed by atoms with Gasteiger partial charge in [-0.05, 0) is 25.8 Å². The van der Waals surface area contributed by atoms with Crippen molar-refractivity contribution < 1.29 is 4.79 Å². The average Bonchev–Trinajstić information content (AvgIpc) is 2.74. The zero-order chi connectivity index (χ0) is 21.8. The molecule has 0 N–H and O–H groups in total. The molecule has 5 nitrogen and oxygen atoms in total. The quantitative estimate of drug-likeness (QED) is 0.706. The number of carbonyl (C=O) groups is 1. The lowest BCUT2D eigenvalue weighted by Gasteiger charge is -2.37. The maximum atomic E-state index is 12.4. The van der Waals surface area contributed by atoms with Crippen molar-refractivity contribution in [2.24, 2.45) is 5.92 Å². The maximum Gasteiger partial charge on any atom is 0.225 e. The van der Waals surface area contributed by atoms with Gasteiger partial charge in [0.15, 0.2) is 0 Å². The van der Waals surface area contributed by atoms with Crippen LogP contribution in [0, 0.1) is 19.8 Å². The summed E-state index contributed by atoms with van der Waals surface area (Å²) in [5, 5.41) is 0. The summed E-state index contributed by atoms with van der Waals surface area (Å²) in [6.45, 7) is 15.7. The summed E-state index contributed by atoms with van der Waals surface area (Å²) >= 11 is 0. The predicted molar refractivity (Wildman–Crippen MR) is 123 cm³/mol. The molecule has 0 unspecified atom stereocenters. The molecular formula is C25H36N4O. The Morgan fingerprint density at radius 2 is 1.77 bits per heavy atom. The second-order valence-corrected chi connectivity index (χ2v) is 8.91. The van der Waals surface area contributed by atoms with E-state index in [-0.39, 0.29) is 11.8 Å². The van der Waals surface area contributed by atoms with Crippen molar-refractivity contribution in [2.75, 3.05) is 31.1 Å². The Kier molecular flexibility index (Phi) is 7.11. The van der Waals surface area contributed by atoms with Crippen LogP contribution in [0.5, 0.6) is 0 Å². The third kappa shape index (κ3) is 5.00. The Balaban J connectivity index is 1.92. The highest BCUT2D eigenvalue weighted by atomic mass is 16.2. The second kappa shape index (κ2) is 9.59. The number of hydrogen-bond acceptors (Lipinski definition) is 4. The summed E-state index contributed by atoms with van der Waals surface area (Å²) in [5.74, 6) is 2.61. The molecule has 162 valence electrons. The number of anilines is 1. The van der Waals surface area contributed by atoms with E-state index in [0.717, 1.165) is 56.4 Å². The minimum absolute atomic E-state index is 0.0479. The zero-order valence-corrected chi connectivity index (χ0v) is 19.4. The molecule has 5 heteroatoms. The maximum absolute atomic E-state index is 12.4. The molecule has 1 aliphatic rings. The number of nitrogens with zero attached hydrogens (tertiary/aromatic N) is 4. The minimum Gasteiger partial charge on any atom is -0.353 e. The van der Waals surface area contributed by atoms with Crippen molar-refractivity contribution in [3.63, 3.8) is 0 Å². The molecule has 0 radical (unpaired) electrons. The molecule has 1 aromatic heterocycles. The van der Waals surface area contributed by atoms with Crippen molar-refractivity contribution in [3.8, 4) is 0 Å². The van der Waals surface area contributed by atoms with E-state index in [0.29, 0.717) is 5.92 Å². The molecule has 1 fully saturated rings. The van der Waals surface area contributed by atoms with Gasteiger partial charge in [0.2, 0.25) is 5.91 Å². The van der Waals surface area contributed by atoms with Gasteiger partial charge in [-0.15, -0.1) is 0 Å². The van der Waals surface area contributed by atoms with Gasteiger partial charge in [0.1, 0.15) is 11.6 Å². The molecule has 2 aromatic rings. The van der Waals surface area contributed by atoms with Crippen molar-refractivity contribution >= 4 is 11.7 Å². The number of aryl methyl sites for hydroxylation is 2. The van der Waals surface area contributed by atoms with Crippen molar-refractivity contribution in [1.29, 1.82) is 0 Å². The fraction of sp³-hybridized carbons (Fsp3) is 0.560. The summed E-state index contributed by atoms with van der Waals surface area (Å²) < 4.78 is 0. The highest BCUT2D eigenvalue weighted by Gasteiger charge is 2.26. The number of benzene rings is 1. The molecule has 1 amide bonds. The molecule has 1 aliphatic heterocycles. The lowest BCUT2D eigenvalue weighted by atomic mass is 10.0. The number of amides is 1. The van der Waals surface area contributed by atoms with Crippen LogP contribution in [0.4, 0.5) is 5.82 Å². The Morgan fingerprint density at radius 3 is 2.37 bits per heavy atom. The summed E-state index contributed by atoms with van der Waals surface area (Å²) in [5.41, 5.74) is 4.83. The van der Waals surface area contributed by atoms with Gasteiger partial charge in [-0.3, -0.25) is 4.79 Å². The van der Waals surface area contributed by atoms with E-state index in [1.54, 1.807) is 0 Å². The van der Waals surface area contributed by atoms with Crippen LogP contribution in [-0.2, 0) is 11.2 Å². The molecule has 0 saturated carbocycles. The third-order valence-electron chi connectivity index (χ3n) is 6.11. The molecule has 0 aliphatic carbocycles. The first-order valence-electron chi connectivity index (χ1n) is 11.3. The molecule has 1 atom stereocenters. The van der Waals surface area contributed by atoms with Crippen LogP contribution in [0.1, 0.15) is 68.2 Å². The third-order valence-corrected chi connectivity index (χ3v) is 6.11. The fourth-order valence-electron chi connectivity index (χ4n) is 4.00. The van der Waals surface area contributed by atoms with Crippen LogP contribution in [-0.4, -0.2) is 47.0 Å². The molecule has 3 rings (SSSR count). The van der Waals surface area contributed by atoms with E-state index in [1.165, 1.54) is 16.7 Å². The summed E-state index contributed by atoms with van der Waals surface area (Å²) in [4.78, 5) is 26.7. The van der Waals surface area contributed by atoms with Crippen LogP contribution in [0.2, 0.25) is 0 Å². The Hall–Kier alpha value is -2.43. The number of aromatic nitrogens is 2. The van der Waals surface area contributed by atoms with Gasteiger partial charge >= 0.3 is 0 Å². The van der Waals surface area contributed by atoms with Gasteiger partial charge < -0.3 is 9.80 Å². The number of rotatable bonds is 6. The topological polar surface area (TPSA) is 49.3 Å². The smallest absolute Gasteiger partial charge is 0.225 e. The predicted octanol–water partition coefficient (Wildman–Crippen LogP) is 4.50. The summed E-state index contributed by atoms with van der Waals surface area (Å²) in [6.07, 6.45) is 1.85. The molecule has 30 heavy (non-hydrogen) atoms. The van der Waals surface area contributed by atoms with Gasteiger partial charge in [0.25, 0.3) is 0 Å². The van der Waals surface area contributed by atoms with Crippen LogP contribution in [0.25, 0.3) is 0 Å². The van der Waals surface area contributed by atoms with E-state index in [1.807, 2.05) is 18.7 Å². The summed E-state index contributed by atoms with van der Waals surface area (Å²) in [7, 11) is 0. The highest BCUT2D eigenvalue weighted by molar-refractivity contribution is 5.78. The monoisotopic (exact) mass is 408 g/mol. The van der Waals surface area contributed by atoms with E-state index in [4.69, 9.17) is 9.97 Å². The molecule has 0 spiro atoms. The molecule has 1 aromatic carbocycles. The fourth-order valence-corrected chi connectivity index (χ4v) is 4.00. The lowest BCUT2D eigenvalue weighted by Crippen LogP contribution is -2.50. The number of piperazine rings is 1. The van der Waals surface area contributed by atoms with E-state index in [2.05, 4.69) is 56.9 Å². The minimum atomic E-state index is 0.0479. The van der Waals surface area contributed by atoms with Crippen LogP contribution < -0.4 is 4.90 Å². The Bertz CT molecular complexity index is 885. The zero-order valence-electron chi connectivity index (χ0n) is 19.4. The van der Waals surface area contributed by atoms with Crippen molar-refractivity contribution in [1.82, 2.24) is 14.9 Å². The van der Waals surface area contributed by atoms with Gasteiger partial charge in [0, 0.05) is 55.7 Å². The first kappa shape index (κ1) is 22.3. The molecule has 2 heterocycles. The van der Waals surface area contributed by atoms with Crippen LogP contribution in [0.15, 0.2) is 24.3 Å². The van der Waals surface area contributed by atoms with E-state index >= 15 is 0 Å². The van der Waals surface area contributed by atoms with E-state index in [9.17, 15) is 4.79 Å². The normalized spacial score (nSPS) is 15.6. The number of carbonyl (C=O) groups excluding carboxylic acids is 1. The largest absolute Gasteiger partial charge is 0.353 e. The average molecular weight is 409 g/mol. The van der Waals surface area contributed by atoms with Gasteiger partial charge in [-0.25, -0.2) is 9.97 Å². The Morgan fingerprint density at radius 1 is 1.07 bits per heavy atom. The summed E-state index contributed by atoms with van der Waals surface area (Å²) in [6, 6.07) is 8.66. The second-order valence-electron chi connectivity index (χ2n) is 8.91.